The van der Waals surface area contributed by atoms with E-state index in [0.717, 1.165) is 36.6 Å². The minimum absolute atomic E-state index is 0.413. The van der Waals surface area contributed by atoms with Gasteiger partial charge in [0.25, 0.3) is 0 Å². The van der Waals surface area contributed by atoms with E-state index in [-0.39, 0.29) is 0 Å². The van der Waals surface area contributed by atoms with E-state index in [0.29, 0.717) is 11.6 Å². The molecule has 0 aliphatic rings. The Labute approximate surface area is 118 Å². The van der Waals surface area contributed by atoms with E-state index in [9.17, 15) is 0 Å². The highest BCUT2D eigenvalue weighted by molar-refractivity contribution is 6.30. The number of rotatable bonds is 7. The van der Waals surface area contributed by atoms with Gasteiger partial charge < -0.3 is 14.5 Å². The van der Waals surface area contributed by atoms with Crippen molar-refractivity contribution in [2.24, 2.45) is 0 Å². The molecule has 0 aliphatic carbocycles. The molecule has 1 aromatic heterocycles. The number of nitrogens with one attached hydrogen (secondary N) is 1. The third kappa shape index (κ3) is 4.30. The molecule has 2 rings (SSSR count). The van der Waals surface area contributed by atoms with Gasteiger partial charge in [0.1, 0.15) is 18.1 Å². The lowest BCUT2D eigenvalue weighted by Crippen LogP contribution is -2.14. The normalized spacial score (nSPS) is 10.6. The van der Waals surface area contributed by atoms with Crippen molar-refractivity contribution in [3.8, 4) is 5.75 Å². The van der Waals surface area contributed by atoms with Crippen molar-refractivity contribution in [3.63, 3.8) is 0 Å². The Morgan fingerprint density at radius 2 is 2.21 bits per heavy atom. The summed E-state index contributed by atoms with van der Waals surface area (Å²) < 4.78 is 11.1. The number of halogens is 1. The van der Waals surface area contributed by atoms with Crippen LogP contribution in [0.4, 0.5) is 0 Å². The second kappa shape index (κ2) is 7.22. The van der Waals surface area contributed by atoms with Gasteiger partial charge in [-0.2, -0.15) is 0 Å². The largest absolute Gasteiger partial charge is 0.486 e. The zero-order valence-corrected chi connectivity index (χ0v) is 11.7. The third-order valence-electron chi connectivity index (χ3n) is 2.75. The lowest BCUT2D eigenvalue weighted by atomic mass is 10.2. The molecular weight excluding hydrogens is 262 g/mol. The zero-order chi connectivity index (χ0) is 13.5. The Morgan fingerprint density at radius 1 is 1.32 bits per heavy atom. The van der Waals surface area contributed by atoms with Gasteiger partial charge in [0.2, 0.25) is 0 Å². The molecule has 2 aromatic rings. The Hall–Kier alpha value is -1.45. The maximum absolute atomic E-state index is 5.91. The highest BCUT2D eigenvalue weighted by Crippen LogP contribution is 2.19. The Balaban J connectivity index is 1.90. The fraction of sp³-hybridized carbons (Fsp3) is 0.333. The van der Waals surface area contributed by atoms with Gasteiger partial charge in [0, 0.05) is 17.1 Å². The van der Waals surface area contributed by atoms with Gasteiger partial charge in [-0.3, -0.25) is 0 Å². The fourth-order valence-electron chi connectivity index (χ4n) is 1.76. The molecule has 0 saturated heterocycles. The topological polar surface area (TPSA) is 34.4 Å². The number of ether oxygens (including phenoxy) is 1. The first-order valence-electron chi connectivity index (χ1n) is 6.44. The maximum Gasteiger partial charge on any atom is 0.146 e. The van der Waals surface area contributed by atoms with Gasteiger partial charge in [0.05, 0.1) is 6.26 Å². The summed E-state index contributed by atoms with van der Waals surface area (Å²) in [6.45, 7) is 4.36. The molecule has 0 atom stereocenters. The molecule has 3 nitrogen and oxygen atoms in total. The highest BCUT2D eigenvalue weighted by atomic mass is 35.5. The maximum atomic E-state index is 5.91. The van der Waals surface area contributed by atoms with Crippen LogP contribution in [0.25, 0.3) is 0 Å². The monoisotopic (exact) mass is 279 g/mol. The van der Waals surface area contributed by atoms with E-state index >= 15 is 0 Å². The van der Waals surface area contributed by atoms with Crippen LogP contribution < -0.4 is 10.1 Å². The molecule has 19 heavy (non-hydrogen) atoms. The van der Waals surface area contributed by atoms with Crippen molar-refractivity contribution in [1.29, 1.82) is 0 Å². The van der Waals surface area contributed by atoms with E-state index in [1.807, 2.05) is 24.3 Å². The van der Waals surface area contributed by atoms with Gasteiger partial charge in [-0.05, 0) is 37.2 Å². The molecule has 0 aliphatic heterocycles. The van der Waals surface area contributed by atoms with Crippen molar-refractivity contribution in [2.45, 2.75) is 26.5 Å². The number of hydrogen-bond donors (Lipinski definition) is 1. The first-order chi connectivity index (χ1) is 9.29. The first kappa shape index (κ1) is 14.0. The highest BCUT2D eigenvalue weighted by Gasteiger charge is 2.07. The van der Waals surface area contributed by atoms with Crippen LogP contribution >= 0.6 is 11.6 Å². The molecule has 0 fully saturated rings. The zero-order valence-electron chi connectivity index (χ0n) is 11.0. The SMILES string of the molecule is CCCNCc1ccoc1COc1cccc(Cl)c1. The van der Waals surface area contributed by atoms with Crippen LogP contribution in [0, 0.1) is 0 Å². The van der Waals surface area contributed by atoms with E-state index < -0.39 is 0 Å². The lowest BCUT2D eigenvalue weighted by Gasteiger charge is -2.07. The summed E-state index contributed by atoms with van der Waals surface area (Å²) in [5.41, 5.74) is 1.13. The molecule has 0 saturated carbocycles. The first-order valence-corrected chi connectivity index (χ1v) is 6.81. The summed E-state index contributed by atoms with van der Waals surface area (Å²) in [5, 5.41) is 4.02. The second-order valence-electron chi connectivity index (χ2n) is 4.29. The molecule has 0 amide bonds. The van der Waals surface area contributed by atoms with Gasteiger partial charge in [-0.15, -0.1) is 0 Å². The van der Waals surface area contributed by atoms with Gasteiger partial charge in [-0.1, -0.05) is 24.6 Å². The van der Waals surface area contributed by atoms with Crippen molar-refractivity contribution >= 4 is 11.6 Å². The number of benzene rings is 1. The Morgan fingerprint density at radius 3 is 3.00 bits per heavy atom. The average Bonchev–Trinajstić information content (AvgIpc) is 2.84. The van der Waals surface area contributed by atoms with Crippen molar-refractivity contribution in [3.05, 3.63) is 52.9 Å². The van der Waals surface area contributed by atoms with Crippen molar-refractivity contribution < 1.29 is 9.15 Å². The van der Waals surface area contributed by atoms with Crippen LogP contribution in [-0.2, 0) is 13.2 Å². The van der Waals surface area contributed by atoms with E-state index in [1.165, 1.54) is 0 Å². The summed E-state index contributed by atoms with van der Waals surface area (Å²) in [6, 6.07) is 9.33. The predicted octanol–water partition coefficient (Wildman–Crippen LogP) is 4.01. The summed E-state index contributed by atoms with van der Waals surface area (Å²) in [7, 11) is 0. The van der Waals surface area contributed by atoms with E-state index in [4.69, 9.17) is 20.8 Å². The molecule has 0 spiro atoms. The van der Waals surface area contributed by atoms with Crippen LogP contribution in [0.3, 0.4) is 0 Å². The summed E-state index contributed by atoms with van der Waals surface area (Å²) in [5.74, 6) is 1.60. The van der Waals surface area contributed by atoms with Crippen LogP contribution in [0.5, 0.6) is 5.75 Å². The van der Waals surface area contributed by atoms with Gasteiger partial charge in [-0.25, -0.2) is 0 Å². The minimum atomic E-state index is 0.413. The standard InChI is InChI=1S/C15H18ClNO2/c1-2-7-17-10-12-6-8-18-15(12)11-19-14-5-3-4-13(16)9-14/h3-6,8-9,17H,2,7,10-11H2,1H3. The molecule has 1 aromatic carbocycles. The molecule has 1 N–H and O–H groups in total. The predicted molar refractivity (Wildman–Crippen MR) is 76.5 cm³/mol. The second-order valence-corrected chi connectivity index (χ2v) is 4.73. The summed E-state index contributed by atoms with van der Waals surface area (Å²) in [4.78, 5) is 0. The van der Waals surface area contributed by atoms with E-state index in [1.54, 1.807) is 12.3 Å². The van der Waals surface area contributed by atoms with Crippen molar-refractivity contribution in [2.75, 3.05) is 6.54 Å². The van der Waals surface area contributed by atoms with Crippen LogP contribution in [-0.4, -0.2) is 6.54 Å². The molecule has 0 radical (unpaired) electrons. The summed E-state index contributed by atoms with van der Waals surface area (Å²) in [6.07, 6.45) is 2.81. The smallest absolute Gasteiger partial charge is 0.146 e. The van der Waals surface area contributed by atoms with Crippen LogP contribution in [0.2, 0.25) is 5.02 Å². The molecule has 4 heteroatoms. The molecule has 1 heterocycles. The van der Waals surface area contributed by atoms with Crippen LogP contribution in [0.15, 0.2) is 41.0 Å². The quantitative estimate of drug-likeness (QED) is 0.778. The average molecular weight is 280 g/mol. The van der Waals surface area contributed by atoms with Crippen LogP contribution in [0.1, 0.15) is 24.7 Å². The Bertz CT molecular complexity index is 510. The molecule has 0 bridgehead atoms. The van der Waals surface area contributed by atoms with Gasteiger partial charge in [0.15, 0.2) is 0 Å². The number of furan rings is 1. The van der Waals surface area contributed by atoms with Crippen molar-refractivity contribution in [1.82, 2.24) is 5.32 Å². The third-order valence-corrected chi connectivity index (χ3v) is 2.98. The van der Waals surface area contributed by atoms with Gasteiger partial charge >= 0.3 is 0 Å². The lowest BCUT2D eigenvalue weighted by molar-refractivity contribution is 0.268. The summed E-state index contributed by atoms with van der Waals surface area (Å²) >= 11 is 5.91. The molecule has 102 valence electrons. The Kier molecular flexibility index (Phi) is 5.31. The molecular formula is C15H18ClNO2. The fourth-order valence-corrected chi connectivity index (χ4v) is 1.94. The minimum Gasteiger partial charge on any atom is -0.486 e. The number of hydrogen-bond acceptors (Lipinski definition) is 3. The van der Waals surface area contributed by atoms with E-state index in [2.05, 4.69) is 12.2 Å². The molecule has 0 unspecified atom stereocenters.